The number of primary amides is 1. The average molecular weight is 436 g/mol. The zero-order valence-electron chi connectivity index (χ0n) is 17.0. The Morgan fingerprint density at radius 1 is 1.16 bits per heavy atom. The second-order valence-electron chi connectivity index (χ2n) is 7.41. The average Bonchev–Trinajstić information content (AvgIpc) is 3.19. The fourth-order valence-corrected chi connectivity index (χ4v) is 4.33. The maximum atomic E-state index is 13.7. The highest BCUT2D eigenvalue weighted by Crippen LogP contribution is 2.39. The van der Waals surface area contributed by atoms with Crippen LogP contribution in [0.3, 0.4) is 0 Å². The first-order chi connectivity index (χ1) is 15.0. The quantitative estimate of drug-likeness (QED) is 0.629. The number of hydrogen-bond acceptors (Lipinski definition) is 4. The summed E-state index contributed by atoms with van der Waals surface area (Å²) in [6.45, 7) is 0.215. The van der Waals surface area contributed by atoms with Gasteiger partial charge in [0, 0.05) is 23.3 Å². The van der Waals surface area contributed by atoms with Crippen LogP contribution in [0.15, 0.2) is 60.8 Å². The van der Waals surface area contributed by atoms with Crippen LogP contribution in [0.5, 0.6) is 5.88 Å². The van der Waals surface area contributed by atoms with Gasteiger partial charge in [-0.15, -0.1) is 0 Å². The van der Waals surface area contributed by atoms with Gasteiger partial charge in [0.25, 0.3) is 5.91 Å². The number of halogens is 1. The number of carbonyl (C=O) groups excluding carboxylic acids is 2. The van der Waals surface area contributed by atoms with E-state index in [1.165, 1.54) is 7.11 Å². The number of rotatable bonds is 6. The summed E-state index contributed by atoms with van der Waals surface area (Å²) < 4.78 is 5.33. The van der Waals surface area contributed by atoms with Crippen LogP contribution in [0.2, 0.25) is 5.02 Å². The summed E-state index contributed by atoms with van der Waals surface area (Å²) in [6.07, 6.45) is 3.16. The molecule has 2 N–H and O–H groups in total. The maximum absolute atomic E-state index is 13.7. The number of fused-ring (bicyclic) bond motifs is 1. The zero-order valence-corrected chi connectivity index (χ0v) is 17.8. The molecule has 1 atom stereocenters. The predicted molar refractivity (Wildman–Crippen MR) is 118 cm³/mol. The van der Waals surface area contributed by atoms with E-state index in [2.05, 4.69) is 4.98 Å². The molecule has 158 valence electrons. The molecule has 7 heteroatoms. The molecular formula is C24H22ClN3O3. The molecule has 0 unspecified atom stereocenters. The number of ether oxygens (including phenoxy) is 1. The molecule has 1 aliphatic rings. The number of methoxy groups -OCH3 is 1. The number of hydrogen-bond donors (Lipinski definition) is 1. The summed E-state index contributed by atoms with van der Waals surface area (Å²) in [5.41, 5.74) is 9.19. The molecule has 0 radical (unpaired) electrons. The number of aryl methyl sites for hydroxylation is 1. The lowest BCUT2D eigenvalue weighted by Crippen LogP contribution is -2.34. The van der Waals surface area contributed by atoms with Crippen molar-refractivity contribution in [3.05, 3.63) is 93.6 Å². The number of carbonyl (C=O) groups is 2. The van der Waals surface area contributed by atoms with Crippen molar-refractivity contribution < 1.29 is 14.3 Å². The first-order valence-corrected chi connectivity index (χ1v) is 10.3. The Balaban J connectivity index is 1.80. The van der Waals surface area contributed by atoms with Crippen molar-refractivity contribution >= 4 is 23.4 Å². The fourth-order valence-electron chi connectivity index (χ4n) is 4.15. The second-order valence-corrected chi connectivity index (χ2v) is 7.85. The monoisotopic (exact) mass is 435 g/mol. The number of nitrogens with zero attached hydrogens (tertiary/aromatic N) is 2. The Morgan fingerprint density at radius 2 is 1.94 bits per heavy atom. The van der Waals surface area contributed by atoms with Gasteiger partial charge < -0.3 is 15.4 Å². The molecule has 4 rings (SSSR count). The minimum atomic E-state index is -0.531. The summed E-state index contributed by atoms with van der Waals surface area (Å²) >= 11 is 6.27. The first kappa shape index (κ1) is 20.9. The number of benzene rings is 2. The van der Waals surface area contributed by atoms with Gasteiger partial charge in [0.2, 0.25) is 11.8 Å². The lowest BCUT2D eigenvalue weighted by atomic mass is 10.0. The van der Waals surface area contributed by atoms with E-state index >= 15 is 0 Å². The highest BCUT2D eigenvalue weighted by atomic mass is 35.5. The summed E-state index contributed by atoms with van der Waals surface area (Å²) in [7, 11) is 1.48. The minimum absolute atomic E-state index is 0.202. The van der Waals surface area contributed by atoms with Crippen molar-refractivity contribution in [1.82, 2.24) is 9.88 Å². The Morgan fingerprint density at radius 3 is 2.71 bits per heavy atom. The van der Waals surface area contributed by atoms with Crippen LogP contribution >= 0.6 is 11.6 Å². The van der Waals surface area contributed by atoms with Crippen molar-refractivity contribution in [3.63, 3.8) is 0 Å². The SMILES string of the molecule is COc1ncccc1C(=O)N(Cc1ccccc1C(N)=O)[C@@H]1CCc2ccc(Cl)cc21. The molecule has 1 aliphatic carbocycles. The third-order valence-electron chi connectivity index (χ3n) is 5.61. The molecule has 0 saturated carbocycles. The van der Waals surface area contributed by atoms with Gasteiger partial charge in [0.05, 0.1) is 13.2 Å². The van der Waals surface area contributed by atoms with Crippen LogP contribution in [0, 0.1) is 0 Å². The normalized spacial score (nSPS) is 14.7. The third kappa shape index (κ3) is 4.11. The summed E-state index contributed by atoms with van der Waals surface area (Å²) in [5.74, 6) is -0.510. The molecule has 2 amide bonds. The molecule has 1 heterocycles. The maximum Gasteiger partial charge on any atom is 0.260 e. The number of nitrogens with two attached hydrogens (primary N) is 1. The highest BCUT2D eigenvalue weighted by molar-refractivity contribution is 6.30. The van der Waals surface area contributed by atoms with Gasteiger partial charge in [0.15, 0.2) is 0 Å². The van der Waals surface area contributed by atoms with E-state index in [1.807, 2.05) is 30.3 Å². The molecule has 0 bridgehead atoms. The lowest BCUT2D eigenvalue weighted by Gasteiger charge is -2.31. The van der Waals surface area contributed by atoms with E-state index in [0.29, 0.717) is 21.7 Å². The second kappa shape index (κ2) is 8.78. The topological polar surface area (TPSA) is 85.5 Å². The van der Waals surface area contributed by atoms with Gasteiger partial charge in [-0.25, -0.2) is 4.98 Å². The molecule has 6 nitrogen and oxygen atoms in total. The molecule has 1 aromatic heterocycles. The predicted octanol–water partition coefficient (Wildman–Crippen LogP) is 4.17. The zero-order chi connectivity index (χ0) is 22.0. The molecule has 31 heavy (non-hydrogen) atoms. The van der Waals surface area contributed by atoms with Crippen molar-refractivity contribution in [3.8, 4) is 5.88 Å². The number of aromatic nitrogens is 1. The van der Waals surface area contributed by atoms with E-state index in [0.717, 1.165) is 24.0 Å². The molecule has 2 aromatic carbocycles. The van der Waals surface area contributed by atoms with Crippen LogP contribution in [-0.2, 0) is 13.0 Å². The Hall–Kier alpha value is -3.38. The van der Waals surface area contributed by atoms with Gasteiger partial charge in [-0.1, -0.05) is 35.9 Å². The van der Waals surface area contributed by atoms with Crippen LogP contribution in [0.25, 0.3) is 0 Å². The fraction of sp³-hybridized carbons (Fsp3) is 0.208. The van der Waals surface area contributed by atoms with Gasteiger partial charge in [-0.2, -0.15) is 0 Å². The van der Waals surface area contributed by atoms with Crippen molar-refractivity contribution in [2.75, 3.05) is 7.11 Å². The van der Waals surface area contributed by atoms with E-state index < -0.39 is 5.91 Å². The van der Waals surface area contributed by atoms with Gasteiger partial charge in [-0.3, -0.25) is 9.59 Å². The highest BCUT2D eigenvalue weighted by Gasteiger charge is 2.33. The lowest BCUT2D eigenvalue weighted by molar-refractivity contribution is 0.0652. The minimum Gasteiger partial charge on any atom is -0.480 e. The molecular weight excluding hydrogens is 414 g/mol. The molecule has 0 aliphatic heterocycles. The van der Waals surface area contributed by atoms with E-state index in [4.69, 9.17) is 22.1 Å². The molecule has 3 aromatic rings. The summed E-state index contributed by atoms with van der Waals surface area (Å²) in [5, 5.41) is 0.620. The summed E-state index contributed by atoms with van der Waals surface area (Å²) in [6, 6.07) is 16.0. The molecule has 0 saturated heterocycles. The number of amides is 2. The number of pyridine rings is 1. The Bertz CT molecular complexity index is 1150. The smallest absolute Gasteiger partial charge is 0.260 e. The van der Waals surface area contributed by atoms with Crippen LogP contribution < -0.4 is 10.5 Å². The van der Waals surface area contributed by atoms with Crippen molar-refractivity contribution in [1.29, 1.82) is 0 Å². The molecule has 0 spiro atoms. The Kier molecular flexibility index (Phi) is 5.91. The van der Waals surface area contributed by atoms with Crippen LogP contribution in [0.1, 0.15) is 49.9 Å². The van der Waals surface area contributed by atoms with Crippen molar-refractivity contribution in [2.24, 2.45) is 5.73 Å². The van der Waals surface area contributed by atoms with Gasteiger partial charge in [-0.05, 0) is 59.9 Å². The van der Waals surface area contributed by atoms with E-state index in [1.54, 1.807) is 35.4 Å². The first-order valence-electron chi connectivity index (χ1n) is 9.95. The third-order valence-corrected chi connectivity index (χ3v) is 5.84. The summed E-state index contributed by atoms with van der Waals surface area (Å²) in [4.78, 5) is 31.7. The van der Waals surface area contributed by atoms with Crippen molar-refractivity contribution in [2.45, 2.75) is 25.4 Å². The van der Waals surface area contributed by atoms with Gasteiger partial charge >= 0.3 is 0 Å². The standard InChI is InChI=1S/C24H22ClN3O3/c1-31-23-19(7-4-12-27-23)24(30)28(14-16-5-2-3-6-18(16)22(26)29)21-11-9-15-8-10-17(25)13-20(15)21/h2-8,10,12-13,21H,9,11,14H2,1H3,(H2,26,29)/t21-/m1/s1. The van der Waals surface area contributed by atoms with Gasteiger partial charge in [0.1, 0.15) is 5.56 Å². The Labute approximate surface area is 185 Å². The van der Waals surface area contributed by atoms with E-state index in [-0.39, 0.29) is 24.4 Å². The van der Waals surface area contributed by atoms with E-state index in [9.17, 15) is 9.59 Å². The molecule has 0 fully saturated rings. The largest absolute Gasteiger partial charge is 0.480 e. The van der Waals surface area contributed by atoms with Crippen LogP contribution in [0.4, 0.5) is 0 Å². The van der Waals surface area contributed by atoms with Crippen LogP contribution in [-0.4, -0.2) is 28.8 Å².